The molecule has 2 rings (SSSR count). The van der Waals surface area contributed by atoms with Gasteiger partial charge in [-0.3, -0.25) is 4.79 Å². The Labute approximate surface area is 78.1 Å². The van der Waals surface area contributed by atoms with Crippen LogP contribution in [0.3, 0.4) is 0 Å². The molecule has 2 saturated carbocycles. The fourth-order valence-corrected chi connectivity index (χ4v) is 3.01. The molecule has 0 aromatic rings. The second kappa shape index (κ2) is 3.29. The molecule has 2 aliphatic carbocycles. The van der Waals surface area contributed by atoms with Crippen LogP contribution in [0, 0.1) is 17.8 Å². The van der Waals surface area contributed by atoms with Crippen molar-refractivity contribution in [1.82, 2.24) is 0 Å². The highest BCUT2D eigenvalue weighted by molar-refractivity contribution is 5.73. The highest BCUT2D eigenvalue weighted by atomic mass is 16.5. The summed E-state index contributed by atoms with van der Waals surface area (Å²) < 4.78 is 4.76. The highest BCUT2D eigenvalue weighted by Crippen LogP contribution is 2.47. The largest absolute Gasteiger partial charge is 0.469 e. The second-order valence-electron chi connectivity index (χ2n) is 4.18. The van der Waals surface area contributed by atoms with Crippen molar-refractivity contribution in [3.63, 3.8) is 0 Å². The topological polar surface area (TPSA) is 46.5 Å². The Kier molecular flexibility index (Phi) is 2.28. The Morgan fingerprint density at radius 3 is 2.62 bits per heavy atom. The molecule has 0 aliphatic heterocycles. The van der Waals surface area contributed by atoms with Crippen molar-refractivity contribution in [2.24, 2.45) is 17.8 Å². The molecule has 2 fully saturated rings. The Hall–Kier alpha value is -0.570. The predicted molar refractivity (Wildman–Crippen MR) is 47.0 cm³/mol. The summed E-state index contributed by atoms with van der Waals surface area (Å²) in [6.45, 7) is 0. The van der Waals surface area contributed by atoms with Gasteiger partial charge in [-0.05, 0) is 37.5 Å². The molecule has 0 spiro atoms. The molecule has 2 aliphatic rings. The maximum atomic E-state index is 11.4. The van der Waals surface area contributed by atoms with Crippen molar-refractivity contribution < 1.29 is 14.6 Å². The first kappa shape index (κ1) is 9.00. The van der Waals surface area contributed by atoms with Gasteiger partial charge in [0.1, 0.15) is 0 Å². The average Bonchev–Trinajstić information content (AvgIpc) is 2.68. The molecule has 3 nitrogen and oxygen atoms in total. The molecule has 1 N–H and O–H groups in total. The van der Waals surface area contributed by atoms with Crippen molar-refractivity contribution in [1.29, 1.82) is 0 Å². The van der Waals surface area contributed by atoms with Crippen molar-refractivity contribution in [2.75, 3.05) is 7.11 Å². The van der Waals surface area contributed by atoms with E-state index in [1.807, 2.05) is 0 Å². The number of aliphatic hydroxyl groups excluding tert-OH is 1. The lowest BCUT2D eigenvalue weighted by Gasteiger charge is -2.16. The lowest BCUT2D eigenvalue weighted by Crippen LogP contribution is -2.22. The number of rotatable bonds is 1. The predicted octanol–water partition coefficient (Wildman–Crippen LogP) is 0.956. The van der Waals surface area contributed by atoms with E-state index >= 15 is 0 Å². The lowest BCUT2D eigenvalue weighted by molar-refractivity contribution is -0.146. The zero-order valence-corrected chi connectivity index (χ0v) is 7.90. The van der Waals surface area contributed by atoms with Crippen molar-refractivity contribution in [2.45, 2.75) is 31.8 Å². The van der Waals surface area contributed by atoms with E-state index in [9.17, 15) is 9.90 Å². The lowest BCUT2D eigenvalue weighted by atomic mass is 9.92. The van der Waals surface area contributed by atoms with Crippen LogP contribution in [-0.2, 0) is 9.53 Å². The Morgan fingerprint density at radius 2 is 1.92 bits per heavy atom. The molecule has 0 bridgehead atoms. The van der Waals surface area contributed by atoms with Crippen LogP contribution in [0.2, 0.25) is 0 Å². The van der Waals surface area contributed by atoms with Crippen LogP contribution in [0.15, 0.2) is 0 Å². The number of fused-ring (bicyclic) bond motifs is 1. The van der Waals surface area contributed by atoms with Gasteiger partial charge in [0.15, 0.2) is 0 Å². The van der Waals surface area contributed by atoms with E-state index in [0.29, 0.717) is 11.8 Å². The summed E-state index contributed by atoms with van der Waals surface area (Å²) in [4.78, 5) is 11.4. The smallest absolute Gasteiger partial charge is 0.308 e. The summed E-state index contributed by atoms with van der Waals surface area (Å²) in [6.07, 6.45) is 3.58. The summed E-state index contributed by atoms with van der Waals surface area (Å²) in [7, 11) is 1.45. The van der Waals surface area contributed by atoms with Crippen LogP contribution in [0.1, 0.15) is 25.7 Å². The van der Waals surface area contributed by atoms with Crippen LogP contribution >= 0.6 is 0 Å². The number of hydrogen-bond acceptors (Lipinski definition) is 3. The fraction of sp³-hybridized carbons (Fsp3) is 0.900. The van der Waals surface area contributed by atoms with Gasteiger partial charge in [-0.2, -0.15) is 0 Å². The molecule has 3 heteroatoms. The summed E-state index contributed by atoms with van der Waals surface area (Å²) in [5.41, 5.74) is 0. The molecule has 0 aromatic carbocycles. The molecule has 13 heavy (non-hydrogen) atoms. The molecule has 4 atom stereocenters. The SMILES string of the molecule is COC(=O)C1CCC2C(O)CCC12. The summed E-state index contributed by atoms with van der Waals surface area (Å²) in [6, 6.07) is 0. The average molecular weight is 184 g/mol. The van der Waals surface area contributed by atoms with Gasteiger partial charge < -0.3 is 9.84 Å². The van der Waals surface area contributed by atoms with E-state index in [-0.39, 0.29) is 18.0 Å². The van der Waals surface area contributed by atoms with Crippen LogP contribution in [0.25, 0.3) is 0 Å². The summed E-state index contributed by atoms with van der Waals surface area (Å²) in [5, 5.41) is 9.62. The van der Waals surface area contributed by atoms with Gasteiger partial charge in [0.05, 0.1) is 19.1 Å². The monoisotopic (exact) mass is 184 g/mol. The Balaban J connectivity index is 2.06. The van der Waals surface area contributed by atoms with Crippen molar-refractivity contribution in [3.8, 4) is 0 Å². The Morgan fingerprint density at radius 1 is 1.23 bits per heavy atom. The van der Waals surface area contributed by atoms with E-state index in [0.717, 1.165) is 25.7 Å². The standard InChI is InChI=1S/C10H16O3/c1-13-10(12)8-3-2-7-6(8)4-5-9(7)11/h6-9,11H,2-5H2,1H3. The molecule has 74 valence electrons. The number of aliphatic hydroxyl groups is 1. The molecular weight excluding hydrogens is 168 g/mol. The highest BCUT2D eigenvalue weighted by Gasteiger charge is 2.47. The molecule has 0 radical (unpaired) electrons. The van der Waals surface area contributed by atoms with Crippen LogP contribution in [-0.4, -0.2) is 24.3 Å². The van der Waals surface area contributed by atoms with E-state index in [1.54, 1.807) is 0 Å². The van der Waals surface area contributed by atoms with Gasteiger partial charge in [0.2, 0.25) is 0 Å². The maximum absolute atomic E-state index is 11.4. The van der Waals surface area contributed by atoms with Crippen LogP contribution in [0.4, 0.5) is 0 Å². The molecule has 0 saturated heterocycles. The number of hydrogen-bond donors (Lipinski definition) is 1. The first-order chi connectivity index (χ1) is 6.24. The number of methoxy groups -OCH3 is 1. The third kappa shape index (κ3) is 1.35. The van der Waals surface area contributed by atoms with Gasteiger partial charge in [-0.1, -0.05) is 0 Å². The minimum Gasteiger partial charge on any atom is -0.469 e. The first-order valence-electron chi connectivity index (χ1n) is 5.00. The van der Waals surface area contributed by atoms with Gasteiger partial charge in [-0.25, -0.2) is 0 Å². The van der Waals surface area contributed by atoms with Gasteiger partial charge in [0, 0.05) is 0 Å². The van der Waals surface area contributed by atoms with E-state index in [2.05, 4.69) is 0 Å². The number of carbonyl (C=O) groups excluding carboxylic acids is 1. The van der Waals surface area contributed by atoms with Gasteiger partial charge >= 0.3 is 5.97 Å². The van der Waals surface area contributed by atoms with Crippen LogP contribution < -0.4 is 0 Å². The van der Waals surface area contributed by atoms with Gasteiger partial charge in [0.25, 0.3) is 0 Å². The normalized spacial score (nSPS) is 43.2. The van der Waals surface area contributed by atoms with E-state index in [1.165, 1.54) is 7.11 Å². The molecule has 0 heterocycles. The molecule has 0 aromatic heterocycles. The summed E-state index contributed by atoms with van der Waals surface area (Å²) >= 11 is 0. The number of esters is 1. The molecule has 0 amide bonds. The maximum Gasteiger partial charge on any atom is 0.308 e. The third-order valence-electron chi connectivity index (χ3n) is 3.67. The number of carbonyl (C=O) groups is 1. The Bertz CT molecular complexity index is 214. The minimum atomic E-state index is -0.167. The number of ether oxygens (including phenoxy) is 1. The zero-order chi connectivity index (χ0) is 9.42. The molecule has 4 unspecified atom stereocenters. The quantitative estimate of drug-likeness (QED) is 0.617. The second-order valence-corrected chi connectivity index (χ2v) is 4.18. The van der Waals surface area contributed by atoms with Crippen molar-refractivity contribution in [3.05, 3.63) is 0 Å². The third-order valence-corrected chi connectivity index (χ3v) is 3.67. The van der Waals surface area contributed by atoms with Crippen LogP contribution in [0.5, 0.6) is 0 Å². The van der Waals surface area contributed by atoms with Crippen molar-refractivity contribution >= 4 is 5.97 Å². The summed E-state index contributed by atoms with van der Waals surface area (Å²) in [5.74, 6) is 0.736. The van der Waals surface area contributed by atoms with Gasteiger partial charge in [-0.15, -0.1) is 0 Å². The minimum absolute atomic E-state index is 0.0622. The fourth-order valence-electron chi connectivity index (χ4n) is 3.01. The zero-order valence-electron chi connectivity index (χ0n) is 7.90. The molecular formula is C10H16O3. The first-order valence-corrected chi connectivity index (χ1v) is 5.00. The van der Waals surface area contributed by atoms with E-state index < -0.39 is 0 Å². The van der Waals surface area contributed by atoms with E-state index in [4.69, 9.17) is 4.74 Å².